The fraction of sp³-hybridized carbons (Fsp3) is 0.312. The zero-order valence-electron chi connectivity index (χ0n) is 12.6. The van der Waals surface area contributed by atoms with Crippen LogP contribution in [0.1, 0.15) is 5.56 Å². The van der Waals surface area contributed by atoms with Crippen LogP contribution in [0.2, 0.25) is 17.3 Å². The van der Waals surface area contributed by atoms with Crippen molar-refractivity contribution in [2.24, 2.45) is 7.05 Å². The van der Waals surface area contributed by atoms with E-state index >= 15 is 0 Å². The van der Waals surface area contributed by atoms with Gasteiger partial charge in [0.05, 0.1) is 0 Å². The second kappa shape index (κ2) is 5.28. The number of nitrogens with zero attached hydrogens (tertiary/aromatic N) is 1. The van der Waals surface area contributed by atoms with Crippen LogP contribution < -0.4 is 8.96 Å². The average Bonchev–Trinajstić information content (AvgIpc) is 2.28. The fourth-order valence-electron chi connectivity index (χ4n) is 2.34. The Hall–Kier alpha value is -1.23. The summed E-state index contributed by atoms with van der Waals surface area (Å²) in [6.45, 7) is 1.73. The molecule has 0 spiro atoms. The van der Waals surface area contributed by atoms with Crippen molar-refractivity contribution in [3.63, 3.8) is 0 Å². The Morgan fingerprint density at radius 3 is 2.20 bits per heavy atom. The van der Waals surface area contributed by atoms with Gasteiger partial charge in [0.25, 0.3) is 0 Å². The van der Waals surface area contributed by atoms with Gasteiger partial charge in [-0.3, -0.25) is 0 Å². The monoisotopic (exact) mass is 338 g/mol. The summed E-state index contributed by atoms with van der Waals surface area (Å²) >= 11 is -1.90. The van der Waals surface area contributed by atoms with Crippen molar-refractivity contribution in [1.29, 1.82) is 0 Å². The topological polar surface area (TPSA) is 3.88 Å². The van der Waals surface area contributed by atoms with E-state index in [1.807, 2.05) is 17.7 Å². The molecule has 0 aliphatic rings. The van der Waals surface area contributed by atoms with E-state index in [1.165, 1.54) is 10.5 Å². The molecule has 0 saturated carbocycles. The van der Waals surface area contributed by atoms with Gasteiger partial charge in [-0.15, -0.1) is 0 Å². The number of aryl methyl sites for hydroxylation is 2. The van der Waals surface area contributed by atoms with Crippen molar-refractivity contribution in [2.45, 2.75) is 24.2 Å². The second-order valence-electron chi connectivity index (χ2n) is 6.24. The van der Waals surface area contributed by atoms with Crippen LogP contribution in [0.25, 0.3) is 11.3 Å². The molecule has 20 heavy (non-hydrogen) atoms. The van der Waals surface area contributed by atoms with E-state index in [0.29, 0.717) is 11.1 Å². The second-order valence-corrected chi connectivity index (χ2v) is 16.9. The third kappa shape index (κ3) is 2.92. The van der Waals surface area contributed by atoms with Gasteiger partial charge in [-0.1, -0.05) is 0 Å². The number of pyridine rings is 1. The first kappa shape index (κ1) is 15.2. The van der Waals surface area contributed by atoms with Gasteiger partial charge in [-0.2, -0.15) is 0 Å². The number of rotatable bonds is 2. The first-order chi connectivity index (χ1) is 9.20. The molecule has 1 aromatic heterocycles. The molecule has 106 valence electrons. The molecule has 0 saturated heterocycles. The Morgan fingerprint density at radius 2 is 1.70 bits per heavy atom. The SMILES string of the molecule is Cc1cc(F)cc(F)c1-c1cc[c]([Ge]([CH3])([CH3])[CH3])c[n+]1C. The van der Waals surface area contributed by atoms with Gasteiger partial charge < -0.3 is 0 Å². The summed E-state index contributed by atoms with van der Waals surface area (Å²) in [5, 5.41) is 0. The maximum atomic E-state index is 14.1. The van der Waals surface area contributed by atoms with Crippen molar-refractivity contribution in [2.75, 3.05) is 0 Å². The summed E-state index contributed by atoms with van der Waals surface area (Å²) in [6, 6.07) is 6.33. The van der Waals surface area contributed by atoms with E-state index in [1.54, 1.807) is 6.92 Å². The predicted octanol–water partition coefficient (Wildman–Crippen LogP) is 3.31. The Balaban J connectivity index is 2.61. The zero-order chi connectivity index (χ0) is 15.1. The molecule has 0 bridgehead atoms. The molecule has 4 heteroatoms. The zero-order valence-corrected chi connectivity index (χ0v) is 14.7. The van der Waals surface area contributed by atoms with Crippen LogP contribution >= 0.6 is 0 Å². The normalized spacial score (nSPS) is 11.8. The first-order valence-corrected chi connectivity index (χ1v) is 14.0. The summed E-state index contributed by atoms with van der Waals surface area (Å²) in [4.78, 5) is 0. The van der Waals surface area contributed by atoms with E-state index in [4.69, 9.17) is 0 Å². The van der Waals surface area contributed by atoms with Crippen LogP contribution in [0.3, 0.4) is 0 Å². The van der Waals surface area contributed by atoms with Crippen molar-refractivity contribution >= 4 is 17.7 Å². The third-order valence-electron chi connectivity index (χ3n) is 3.51. The van der Waals surface area contributed by atoms with Crippen LogP contribution in [0.5, 0.6) is 0 Å². The Morgan fingerprint density at radius 1 is 1.05 bits per heavy atom. The predicted molar refractivity (Wildman–Crippen MR) is 80.7 cm³/mol. The van der Waals surface area contributed by atoms with Crippen LogP contribution in [0.4, 0.5) is 8.78 Å². The van der Waals surface area contributed by atoms with E-state index in [0.717, 1.165) is 11.8 Å². The molecule has 0 aliphatic heterocycles. The Kier molecular flexibility index (Phi) is 4.00. The van der Waals surface area contributed by atoms with Gasteiger partial charge in [0.1, 0.15) is 0 Å². The molecule has 0 amide bonds. The van der Waals surface area contributed by atoms with Gasteiger partial charge >= 0.3 is 121 Å². The van der Waals surface area contributed by atoms with Crippen LogP contribution in [0.15, 0.2) is 30.5 Å². The molecule has 1 aromatic carbocycles. The molecular formula is C16H20F2GeN+. The first-order valence-electron chi connectivity index (χ1n) is 6.66. The minimum atomic E-state index is -1.90. The van der Waals surface area contributed by atoms with Gasteiger partial charge in [0.2, 0.25) is 0 Å². The van der Waals surface area contributed by atoms with E-state index < -0.39 is 24.9 Å². The summed E-state index contributed by atoms with van der Waals surface area (Å²) in [5.41, 5.74) is 1.86. The molecule has 0 aliphatic carbocycles. The molecule has 0 N–H and O–H groups in total. The standard InChI is InChI=1S/C16H20F2GeN/c1-11-8-12(17)9-14(18)16(11)15-7-6-13(10-20(15)5)19(2,3)4/h6-10H,1-5H3/q+1. The Bertz CT molecular complexity index is 637. The molecule has 0 fully saturated rings. The molecule has 1 nitrogen and oxygen atoms in total. The fourth-order valence-corrected chi connectivity index (χ4v) is 4.78. The molecule has 1 heterocycles. The number of benzene rings is 1. The third-order valence-corrected chi connectivity index (χ3v) is 7.76. The van der Waals surface area contributed by atoms with Gasteiger partial charge in [0, 0.05) is 0 Å². The van der Waals surface area contributed by atoms with Gasteiger partial charge in [-0.25, -0.2) is 0 Å². The number of hydrogen-bond acceptors (Lipinski definition) is 0. The molecule has 0 radical (unpaired) electrons. The number of halogens is 2. The summed E-state index contributed by atoms with van der Waals surface area (Å²) in [6.07, 6.45) is 2.08. The number of hydrogen-bond donors (Lipinski definition) is 0. The van der Waals surface area contributed by atoms with E-state index in [-0.39, 0.29) is 0 Å². The van der Waals surface area contributed by atoms with Crippen LogP contribution in [-0.2, 0) is 7.05 Å². The van der Waals surface area contributed by atoms with Crippen molar-refractivity contribution in [3.05, 3.63) is 47.7 Å². The molecule has 2 aromatic rings. The Labute approximate surface area is 121 Å². The van der Waals surface area contributed by atoms with Crippen molar-refractivity contribution < 1.29 is 13.3 Å². The molecule has 0 atom stereocenters. The van der Waals surface area contributed by atoms with Crippen LogP contribution in [-0.4, -0.2) is 13.3 Å². The quantitative estimate of drug-likeness (QED) is 0.585. The summed E-state index contributed by atoms with van der Waals surface area (Å²) in [7, 11) is 1.91. The van der Waals surface area contributed by atoms with Gasteiger partial charge in [-0.05, 0) is 0 Å². The molecule has 0 unspecified atom stereocenters. The van der Waals surface area contributed by atoms with Gasteiger partial charge in [0.15, 0.2) is 0 Å². The summed E-state index contributed by atoms with van der Waals surface area (Å²) in [5.74, 6) is 5.91. The maximum absolute atomic E-state index is 14.1. The van der Waals surface area contributed by atoms with Crippen LogP contribution in [0, 0.1) is 18.6 Å². The van der Waals surface area contributed by atoms with E-state index in [9.17, 15) is 8.78 Å². The van der Waals surface area contributed by atoms with Crippen molar-refractivity contribution in [1.82, 2.24) is 0 Å². The molecular weight excluding hydrogens is 317 g/mol. The van der Waals surface area contributed by atoms with E-state index in [2.05, 4.69) is 29.5 Å². The van der Waals surface area contributed by atoms with Crippen molar-refractivity contribution in [3.8, 4) is 11.3 Å². The number of aromatic nitrogens is 1. The summed E-state index contributed by atoms with van der Waals surface area (Å²) < 4.78 is 30.6. The average molecular weight is 337 g/mol. The minimum absolute atomic E-state index is 0.474. The molecule has 2 rings (SSSR count).